The molecular formula is C13H24N2O4. The van der Waals surface area contributed by atoms with Crippen molar-refractivity contribution >= 4 is 12.0 Å². The zero-order chi connectivity index (χ0) is 14.4. The van der Waals surface area contributed by atoms with Gasteiger partial charge in [0.05, 0.1) is 12.6 Å². The zero-order valence-electron chi connectivity index (χ0n) is 11.9. The molecule has 1 rings (SSSR count). The van der Waals surface area contributed by atoms with Crippen molar-refractivity contribution in [2.45, 2.75) is 45.7 Å². The molecule has 1 saturated heterocycles. The van der Waals surface area contributed by atoms with Gasteiger partial charge in [-0.25, -0.2) is 9.59 Å². The number of hydrogen-bond donors (Lipinski definition) is 2. The third kappa shape index (κ3) is 4.38. The molecule has 0 aromatic rings. The van der Waals surface area contributed by atoms with Gasteiger partial charge in [0.25, 0.3) is 0 Å². The van der Waals surface area contributed by atoms with Gasteiger partial charge in [-0.15, -0.1) is 0 Å². The summed E-state index contributed by atoms with van der Waals surface area (Å²) in [5, 5.41) is 11.9. The third-order valence-electron chi connectivity index (χ3n) is 3.41. The summed E-state index contributed by atoms with van der Waals surface area (Å²) in [5.41, 5.74) is 0. The number of carboxylic acid groups (broad SMARTS) is 1. The predicted octanol–water partition coefficient (Wildman–Crippen LogP) is 1.31. The maximum Gasteiger partial charge on any atom is 0.326 e. The number of nitrogens with one attached hydrogen (secondary N) is 1. The number of likely N-dealkylation sites (tertiary alicyclic amines) is 1. The summed E-state index contributed by atoms with van der Waals surface area (Å²) in [6.45, 7) is 7.46. The molecule has 0 aromatic heterocycles. The number of carbonyl (C=O) groups excluding carboxylic acids is 1. The van der Waals surface area contributed by atoms with E-state index in [1.807, 2.05) is 20.8 Å². The summed E-state index contributed by atoms with van der Waals surface area (Å²) in [6.07, 6.45) is 1.27. The number of hydrogen-bond acceptors (Lipinski definition) is 3. The lowest BCUT2D eigenvalue weighted by atomic mass is 10.1. The molecule has 0 radical (unpaired) electrons. The van der Waals surface area contributed by atoms with E-state index in [-0.39, 0.29) is 18.0 Å². The van der Waals surface area contributed by atoms with Gasteiger partial charge in [-0.1, -0.05) is 13.8 Å². The van der Waals surface area contributed by atoms with E-state index in [9.17, 15) is 9.59 Å². The number of amides is 2. The van der Waals surface area contributed by atoms with Crippen molar-refractivity contribution < 1.29 is 19.4 Å². The van der Waals surface area contributed by atoms with Gasteiger partial charge in [0, 0.05) is 13.2 Å². The van der Waals surface area contributed by atoms with Gasteiger partial charge < -0.3 is 20.1 Å². The Kier molecular flexibility index (Phi) is 6.08. The monoisotopic (exact) mass is 272 g/mol. The number of rotatable bonds is 6. The Morgan fingerprint density at radius 2 is 2.16 bits per heavy atom. The van der Waals surface area contributed by atoms with E-state index < -0.39 is 12.0 Å². The Balaban J connectivity index is 2.58. The van der Waals surface area contributed by atoms with E-state index in [0.717, 1.165) is 6.42 Å². The molecule has 0 aliphatic carbocycles. The Morgan fingerprint density at radius 3 is 2.68 bits per heavy atom. The first kappa shape index (κ1) is 15.8. The van der Waals surface area contributed by atoms with E-state index in [1.165, 1.54) is 4.90 Å². The number of ether oxygens (including phenoxy) is 1. The van der Waals surface area contributed by atoms with E-state index in [2.05, 4.69) is 5.32 Å². The zero-order valence-corrected chi connectivity index (χ0v) is 11.9. The van der Waals surface area contributed by atoms with E-state index in [1.54, 1.807) is 0 Å². The van der Waals surface area contributed by atoms with Crippen molar-refractivity contribution in [2.24, 2.45) is 5.92 Å². The summed E-state index contributed by atoms with van der Waals surface area (Å²) in [5.74, 6) is -0.695. The van der Waals surface area contributed by atoms with Crippen LogP contribution in [0.1, 0.15) is 33.6 Å². The molecule has 0 saturated carbocycles. The molecule has 2 atom stereocenters. The van der Waals surface area contributed by atoms with Gasteiger partial charge in [0.2, 0.25) is 0 Å². The van der Waals surface area contributed by atoms with Crippen LogP contribution in [0.4, 0.5) is 4.79 Å². The van der Waals surface area contributed by atoms with Crippen molar-refractivity contribution in [2.75, 3.05) is 19.8 Å². The highest BCUT2D eigenvalue weighted by atomic mass is 16.5. The minimum absolute atomic E-state index is 0.0949. The Morgan fingerprint density at radius 1 is 1.47 bits per heavy atom. The normalized spacial score (nSPS) is 20.6. The predicted molar refractivity (Wildman–Crippen MR) is 71.0 cm³/mol. The fourth-order valence-corrected chi connectivity index (χ4v) is 2.15. The Labute approximate surface area is 114 Å². The lowest BCUT2D eigenvalue weighted by Crippen LogP contribution is -2.51. The van der Waals surface area contributed by atoms with Crippen molar-refractivity contribution in [1.82, 2.24) is 10.2 Å². The average Bonchev–Trinajstić information content (AvgIpc) is 2.83. The van der Waals surface area contributed by atoms with E-state index in [4.69, 9.17) is 9.84 Å². The number of urea groups is 1. The van der Waals surface area contributed by atoms with Crippen LogP contribution in [0.3, 0.4) is 0 Å². The fraction of sp³-hybridized carbons (Fsp3) is 0.846. The summed E-state index contributed by atoms with van der Waals surface area (Å²) in [4.78, 5) is 24.6. The van der Waals surface area contributed by atoms with Gasteiger partial charge in [-0.3, -0.25) is 0 Å². The highest BCUT2D eigenvalue weighted by Crippen LogP contribution is 2.17. The lowest BCUT2D eigenvalue weighted by Gasteiger charge is -2.27. The maximum atomic E-state index is 12.1. The molecular weight excluding hydrogens is 248 g/mol. The van der Waals surface area contributed by atoms with Crippen molar-refractivity contribution in [1.29, 1.82) is 0 Å². The summed E-state index contributed by atoms with van der Waals surface area (Å²) in [7, 11) is 0. The number of nitrogens with zero attached hydrogens (tertiary/aromatic N) is 1. The highest BCUT2D eigenvalue weighted by Gasteiger charge is 2.34. The van der Waals surface area contributed by atoms with Crippen LogP contribution in [-0.2, 0) is 9.53 Å². The number of carboxylic acids is 1. The topological polar surface area (TPSA) is 78.9 Å². The first-order chi connectivity index (χ1) is 8.97. The molecule has 110 valence electrons. The largest absolute Gasteiger partial charge is 0.480 e. The van der Waals surface area contributed by atoms with Gasteiger partial charge in [0.1, 0.15) is 6.04 Å². The Hall–Kier alpha value is -1.30. The summed E-state index contributed by atoms with van der Waals surface area (Å²) < 4.78 is 5.35. The van der Waals surface area contributed by atoms with Crippen LogP contribution in [0.25, 0.3) is 0 Å². The molecule has 6 heteroatoms. The molecule has 19 heavy (non-hydrogen) atoms. The molecule has 1 aliphatic rings. The molecule has 0 spiro atoms. The second-order valence-electron chi connectivity index (χ2n) is 5.15. The first-order valence-electron chi connectivity index (χ1n) is 6.85. The molecule has 2 amide bonds. The SMILES string of the molecule is CCOCC(NC(=O)N1CCC[C@H]1C(=O)O)C(C)C. The first-order valence-corrected chi connectivity index (χ1v) is 6.85. The van der Waals surface area contributed by atoms with Crippen LogP contribution in [0.5, 0.6) is 0 Å². The second kappa shape index (κ2) is 7.33. The molecule has 6 nitrogen and oxygen atoms in total. The van der Waals surface area contributed by atoms with Crippen molar-refractivity contribution in [3.05, 3.63) is 0 Å². The van der Waals surface area contributed by atoms with Crippen LogP contribution in [-0.4, -0.2) is 53.8 Å². The van der Waals surface area contributed by atoms with Crippen molar-refractivity contribution in [3.8, 4) is 0 Å². The van der Waals surface area contributed by atoms with Crippen LogP contribution < -0.4 is 5.32 Å². The van der Waals surface area contributed by atoms with Crippen LogP contribution in [0.2, 0.25) is 0 Å². The van der Waals surface area contributed by atoms with Crippen LogP contribution in [0.15, 0.2) is 0 Å². The van der Waals surface area contributed by atoms with Crippen LogP contribution in [0, 0.1) is 5.92 Å². The number of carbonyl (C=O) groups is 2. The number of aliphatic carboxylic acids is 1. The minimum atomic E-state index is -0.932. The van der Waals surface area contributed by atoms with Gasteiger partial charge in [0.15, 0.2) is 0 Å². The second-order valence-corrected chi connectivity index (χ2v) is 5.15. The summed E-state index contributed by atoms with van der Waals surface area (Å²) in [6, 6.07) is -1.09. The average molecular weight is 272 g/mol. The minimum Gasteiger partial charge on any atom is -0.480 e. The molecule has 2 N–H and O–H groups in total. The van der Waals surface area contributed by atoms with E-state index >= 15 is 0 Å². The van der Waals surface area contributed by atoms with Gasteiger partial charge in [-0.05, 0) is 25.7 Å². The molecule has 1 heterocycles. The quantitative estimate of drug-likeness (QED) is 0.764. The fourth-order valence-electron chi connectivity index (χ4n) is 2.15. The summed E-state index contributed by atoms with van der Waals surface area (Å²) >= 11 is 0. The third-order valence-corrected chi connectivity index (χ3v) is 3.41. The Bertz CT molecular complexity index is 320. The van der Waals surface area contributed by atoms with E-state index in [0.29, 0.717) is 26.2 Å². The molecule has 0 bridgehead atoms. The molecule has 1 unspecified atom stereocenters. The highest BCUT2D eigenvalue weighted by molar-refractivity contribution is 5.83. The standard InChI is InChI=1S/C13H24N2O4/c1-4-19-8-10(9(2)3)14-13(18)15-7-5-6-11(15)12(16)17/h9-11H,4-8H2,1-3H3,(H,14,18)(H,16,17)/t10?,11-/m0/s1. The maximum absolute atomic E-state index is 12.1. The van der Waals surface area contributed by atoms with Crippen LogP contribution >= 0.6 is 0 Å². The van der Waals surface area contributed by atoms with Gasteiger partial charge in [-0.2, -0.15) is 0 Å². The molecule has 1 aliphatic heterocycles. The molecule has 0 aromatic carbocycles. The lowest BCUT2D eigenvalue weighted by molar-refractivity contribution is -0.141. The van der Waals surface area contributed by atoms with Gasteiger partial charge >= 0.3 is 12.0 Å². The smallest absolute Gasteiger partial charge is 0.326 e. The van der Waals surface area contributed by atoms with Crippen molar-refractivity contribution in [3.63, 3.8) is 0 Å². The molecule has 1 fully saturated rings.